The Balaban J connectivity index is 1.66. The van der Waals surface area contributed by atoms with Crippen molar-refractivity contribution in [3.8, 4) is 5.75 Å². The van der Waals surface area contributed by atoms with Gasteiger partial charge in [-0.25, -0.2) is 0 Å². The quantitative estimate of drug-likeness (QED) is 0.473. The third kappa shape index (κ3) is 3.85. The molecule has 1 aromatic carbocycles. The minimum absolute atomic E-state index is 0.0448. The fourth-order valence-corrected chi connectivity index (χ4v) is 2.92. The zero-order valence-electron chi connectivity index (χ0n) is 13.7. The molecular formula is C17H16ClN3O5. The molecule has 0 saturated carbocycles. The van der Waals surface area contributed by atoms with E-state index < -0.39 is 17.3 Å². The van der Waals surface area contributed by atoms with Crippen LogP contribution in [0, 0.1) is 10.1 Å². The molecule has 2 heterocycles. The predicted octanol–water partition coefficient (Wildman–Crippen LogP) is 3.07. The number of nitro benzene ring substituents is 1. The first kappa shape index (κ1) is 17.9. The van der Waals surface area contributed by atoms with Crippen molar-refractivity contribution in [2.24, 2.45) is 0 Å². The molecule has 1 N–H and O–H groups in total. The molecule has 0 spiro atoms. The van der Waals surface area contributed by atoms with Crippen LogP contribution in [0.15, 0.2) is 30.5 Å². The molecule has 1 aliphatic heterocycles. The fourth-order valence-electron chi connectivity index (χ4n) is 2.75. The second kappa shape index (κ2) is 7.57. The molecule has 8 nitrogen and oxygen atoms in total. The van der Waals surface area contributed by atoms with Crippen LogP contribution in [0.25, 0.3) is 0 Å². The summed E-state index contributed by atoms with van der Waals surface area (Å²) in [6.45, 7) is 1.03. The van der Waals surface area contributed by atoms with E-state index in [0.717, 1.165) is 18.9 Å². The number of likely N-dealkylation sites (tertiary alicyclic amines) is 1. The number of amides is 1. The van der Waals surface area contributed by atoms with Crippen molar-refractivity contribution >= 4 is 29.0 Å². The molecule has 26 heavy (non-hydrogen) atoms. The molecule has 2 aromatic rings. The fraction of sp³-hybridized carbons (Fsp3) is 0.294. The molecule has 0 radical (unpaired) electrons. The number of carbonyl (C=O) groups excluding carboxylic acids is 2. The van der Waals surface area contributed by atoms with Gasteiger partial charge < -0.3 is 14.6 Å². The lowest BCUT2D eigenvalue weighted by molar-refractivity contribution is -0.385. The number of halogens is 1. The summed E-state index contributed by atoms with van der Waals surface area (Å²) in [7, 11) is 0. The number of ether oxygens (including phenoxy) is 1. The standard InChI is InChI=1S/C17H16ClN3O5/c18-12-3-4-16(14(8-12)21(24)25)26-10-15(22)11-7-13(19-9-11)17(23)20-5-1-2-6-20/h3-4,7-9,19H,1-2,5-6,10H2. The Kier molecular flexibility index (Phi) is 5.22. The number of H-pyrrole nitrogens is 1. The summed E-state index contributed by atoms with van der Waals surface area (Å²) in [6, 6.07) is 5.41. The normalized spacial score (nSPS) is 13.7. The van der Waals surface area contributed by atoms with Crippen molar-refractivity contribution in [1.82, 2.24) is 9.88 Å². The SMILES string of the molecule is O=C(COc1ccc(Cl)cc1[N+](=O)[O-])c1c[nH]c(C(=O)N2CCCC2)c1. The topological polar surface area (TPSA) is 106 Å². The summed E-state index contributed by atoms with van der Waals surface area (Å²) in [4.78, 5) is 39.5. The van der Waals surface area contributed by atoms with Crippen LogP contribution in [0.4, 0.5) is 5.69 Å². The van der Waals surface area contributed by atoms with E-state index in [9.17, 15) is 19.7 Å². The molecule has 1 amide bonds. The summed E-state index contributed by atoms with van der Waals surface area (Å²) in [5, 5.41) is 11.2. The molecule has 0 atom stereocenters. The first-order valence-corrected chi connectivity index (χ1v) is 8.41. The number of carbonyl (C=O) groups is 2. The van der Waals surface area contributed by atoms with E-state index >= 15 is 0 Å². The number of Topliss-reactive ketones (excluding diaryl/α,β-unsaturated/α-hetero) is 1. The minimum atomic E-state index is -0.630. The molecule has 1 saturated heterocycles. The highest BCUT2D eigenvalue weighted by Gasteiger charge is 2.22. The van der Waals surface area contributed by atoms with E-state index in [1.165, 1.54) is 24.4 Å². The maximum absolute atomic E-state index is 12.3. The van der Waals surface area contributed by atoms with Gasteiger partial charge in [-0.2, -0.15) is 0 Å². The number of benzene rings is 1. The van der Waals surface area contributed by atoms with Crippen LogP contribution in [0.1, 0.15) is 33.7 Å². The number of hydrogen-bond acceptors (Lipinski definition) is 5. The van der Waals surface area contributed by atoms with Crippen molar-refractivity contribution in [2.45, 2.75) is 12.8 Å². The molecule has 0 unspecified atom stereocenters. The van der Waals surface area contributed by atoms with Gasteiger partial charge in [0.25, 0.3) is 5.91 Å². The van der Waals surface area contributed by atoms with Crippen molar-refractivity contribution in [3.05, 3.63) is 56.9 Å². The molecule has 1 aromatic heterocycles. The number of hydrogen-bond donors (Lipinski definition) is 1. The van der Waals surface area contributed by atoms with Gasteiger partial charge in [0.1, 0.15) is 5.69 Å². The van der Waals surface area contributed by atoms with E-state index in [0.29, 0.717) is 18.8 Å². The number of nitrogens with zero attached hydrogens (tertiary/aromatic N) is 2. The summed E-state index contributed by atoms with van der Waals surface area (Å²) in [5.41, 5.74) is 0.307. The first-order valence-electron chi connectivity index (χ1n) is 8.03. The second-order valence-corrected chi connectivity index (χ2v) is 6.32. The summed E-state index contributed by atoms with van der Waals surface area (Å²) < 4.78 is 5.28. The van der Waals surface area contributed by atoms with Gasteiger partial charge in [0.05, 0.1) is 4.92 Å². The van der Waals surface area contributed by atoms with E-state index in [-0.39, 0.29) is 27.9 Å². The highest BCUT2D eigenvalue weighted by molar-refractivity contribution is 6.30. The van der Waals surface area contributed by atoms with Crippen LogP contribution in [-0.2, 0) is 0 Å². The van der Waals surface area contributed by atoms with Crippen LogP contribution in [0.2, 0.25) is 5.02 Å². The smallest absolute Gasteiger partial charge is 0.312 e. The minimum Gasteiger partial charge on any atom is -0.478 e. The number of rotatable bonds is 6. The van der Waals surface area contributed by atoms with Gasteiger partial charge in [0.2, 0.25) is 5.78 Å². The summed E-state index contributed by atoms with van der Waals surface area (Å²) >= 11 is 5.74. The van der Waals surface area contributed by atoms with Crippen LogP contribution in [-0.4, -0.2) is 46.2 Å². The molecule has 1 aliphatic rings. The van der Waals surface area contributed by atoms with E-state index in [2.05, 4.69) is 4.98 Å². The van der Waals surface area contributed by atoms with Gasteiger partial charge in [0, 0.05) is 35.9 Å². The van der Waals surface area contributed by atoms with Gasteiger partial charge >= 0.3 is 5.69 Å². The largest absolute Gasteiger partial charge is 0.478 e. The Morgan fingerprint density at radius 2 is 2.00 bits per heavy atom. The zero-order chi connectivity index (χ0) is 18.7. The maximum Gasteiger partial charge on any atom is 0.312 e. The summed E-state index contributed by atoms with van der Waals surface area (Å²) in [6.07, 6.45) is 3.39. The van der Waals surface area contributed by atoms with Gasteiger partial charge in [0.15, 0.2) is 12.4 Å². The molecule has 3 rings (SSSR count). The third-order valence-electron chi connectivity index (χ3n) is 4.11. The molecule has 0 bridgehead atoms. The predicted molar refractivity (Wildman–Crippen MR) is 93.9 cm³/mol. The molecule has 136 valence electrons. The van der Waals surface area contributed by atoms with E-state index in [4.69, 9.17) is 16.3 Å². The number of ketones is 1. The van der Waals surface area contributed by atoms with Crippen LogP contribution in [0.5, 0.6) is 5.75 Å². The lowest BCUT2D eigenvalue weighted by atomic mass is 10.2. The maximum atomic E-state index is 12.3. The Morgan fingerprint density at radius 1 is 1.27 bits per heavy atom. The Morgan fingerprint density at radius 3 is 2.69 bits per heavy atom. The van der Waals surface area contributed by atoms with E-state index in [1.807, 2.05) is 0 Å². The molecule has 0 aliphatic carbocycles. The van der Waals surface area contributed by atoms with Crippen molar-refractivity contribution in [3.63, 3.8) is 0 Å². The monoisotopic (exact) mass is 377 g/mol. The number of aromatic nitrogens is 1. The Bertz CT molecular complexity index is 858. The number of nitro groups is 1. The lowest BCUT2D eigenvalue weighted by Gasteiger charge is -2.13. The van der Waals surface area contributed by atoms with Gasteiger partial charge in [-0.15, -0.1) is 0 Å². The average molecular weight is 378 g/mol. The Hall–Kier alpha value is -2.87. The Labute approximate surface area is 153 Å². The van der Waals surface area contributed by atoms with Crippen LogP contribution < -0.4 is 4.74 Å². The van der Waals surface area contributed by atoms with Crippen molar-refractivity contribution in [1.29, 1.82) is 0 Å². The van der Waals surface area contributed by atoms with Crippen molar-refractivity contribution < 1.29 is 19.2 Å². The number of aromatic amines is 1. The van der Waals surface area contributed by atoms with Gasteiger partial charge in [-0.05, 0) is 31.0 Å². The van der Waals surface area contributed by atoms with Crippen molar-refractivity contribution in [2.75, 3.05) is 19.7 Å². The van der Waals surface area contributed by atoms with Crippen LogP contribution >= 0.6 is 11.6 Å². The van der Waals surface area contributed by atoms with Gasteiger partial charge in [-0.1, -0.05) is 11.6 Å². The zero-order valence-corrected chi connectivity index (χ0v) is 14.5. The third-order valence-corrected chi connectivity index (χ3v) is 4.34. The summed E-state index contributed by atoms with van der Waals surface area (Å²) in [5.74, 6) is -0.585. The molecular weight excluding hydrogens is 362 g/mol. The van der Waals surface area contributed by atoms with E-state index in [1.54, 1.807) is 4.90 Å². The highest BCUT2D eigenvalue weighted by Crippen LogP contribution is 2.30. The first-order chi connectivity index (χ1) is 12.5. The lowest BCUT2D eigenvalue weighted by Crippen LogP contribution is -2.27. The molecule has 1 fully saturated rings. The molecule has 9 heteroatoms. The average Bonchev–Trinajstić information content (AvgIpc) is 3.31. The van der Waals surface area contributed by atoms with Crippen LogP contribution in [0.3, 0.4) is 0 Å². The second-order valence-electron chi connectivity index (χ2n) is 5.88. The highest BCUT2D eigenvalue weighted by atomic mass is 35.5. The van der Waals surface area contributed by atoms with Gasteiger partial charge in [-0.3, -0.25) is 19.7 Å². The number of nitrogens with one attached hydrogen (secondary N) is 1.